The van der Waals surface area contributed by atoms with Gasteiger partial charge < -0.3 is 15.7 Å². The fourth-order valence-corrected chi connectivity index (χ4v) is 3.60. The number of alkyl halides is 3. The van der Waals surface area contributed by atoms with Crippen molar-refractivity contribution in [2.24, 2.45) is 5.92 Å². The van der Waals surface area contributed by atoms with Crippen molar-refractivity contribution in [2.75, 3.05) is 0 Å². The second-order valence-electron chi connectivity index (χ2n) is 8.56. The maximum Gasteiger partial charge on any atom is 0.437 e. The summed E-state index contributed by atoms with van der Waals surface area (Å²) in [5.74, 6) is -3.93. The van der Waals surface area contributed by atoms with Crippen LogP contribution in [0.3, 0.4) is 0 Å². The third-order valence-electron chi connectivity index (χ3n) is 5.35. The molecular weight excluding hydrogens is 416 g/mol. The van der Waals surface area contributed by atoms with Crippen LogP contribution in [-0.4, -0.2) is 28.8 Å². The standard InChI is InChI=1S/C22H22F4N2O3/c1-20(2,3)14-8-4-12(5-9-14)17-16(18(29)13-6-10-15(23)11-7-13)21(31,22(24,25)26)28-19(30)27-17/h4-11,16-17,31H,1-3H3,(H2,27,28,30)/t16-,17-,21-/m0/s1. The molecule has 2 aromatic carbocycles. The lowest BCUT2D eigenvalue weighted by molar-refractivity contribution is -0.287. The van der Waals surface area contributed by atoms with Crippen LogP contribution in [0.15, 0.2) is 48.5 Å². The number of urea groups is 1. The van der Waals surface area contributed by atoms with E-state index in [0.717, 1.165) is 29.8 Å². The van der Waals surface area contributed by atoms with E-state index in [4.69, 9.17) is 0 Å². The van der Waals surface area contributed by atoms with E-state index in [0.29, 0.717) is 0 Å². The molecule has 0 radical (unpaired) electrons. The van der Waals surface area contributed by atoms with E-state index in [1.165, 1.54) is 17.4 Å². The minimum Gasteiger partial charge on any atom is -0.363 e. The lowest BCUT2D eigenvalue weighted by Crippen LogP contribution is -2.72. The smallest absolute Gasteiger partial charge is 0.363 e. The fourth-order valence-electron chi connectivity index (χ4n) is 3.60. The van der Waals surface area contributed by atoms with Crippen LogP contribution in [0.2, 0.25) is 0 Å². The van der Waals surface area contributed by atoms with Crippen molar-refractivity contribution < 1.29 is 32.3 Å². The van der Waals surface area contributed by atoms with Gasteiger partial charge in [0, 0.05) is 5.56 Å². The monoisotopic (exact) mass is 438 g/mol. The van der Waals surface area contributed by atoms with Crippen LogP contribution < -0.4 is 10.6 Å². The van der Waals surface area contributed by atoms with E-state index >= 15 is 0 Å². The van der Waals surface area contributed by atoms with Crippen LogP contribution in [0.1, 0.15) is 48.3 Å². The van der Waals surface area contributed by atoms with Crippen molar-refractivity contribution in [3.8, 4) is 0 Å². The molecule has 0 spiro atoms. The molecule has 9 heteroatoms. The van der Waals surface area contributed by atoms with E-state index in [1.54, 1.807) is 12.1 Å². The first-order valence-corrected chi connectivity index (χ1v) is 9.52. The van der Waals surface area contributed by atoms with Gasteiger partial charge >= 0.3 is 12.2 Å². The van der Waals surface area contributed by atoms with Gasteiger partial charge in [0.25, 0.3) is 0 Å². The molecule has 3 N–H and O–H groups in total. The minimum atomic E-state index is -5.35. The summed E-state index contributed by atoms with van der Waals surface area (Å²) in [5.41, 5.74) is -3.18. The predicted octanol–water partition coefficient (Wildman–Crippen LogP) is 4.23. The van der Waals surface area contributed by atoms with Crippen LogP contribution in [-0.2, 0) is 5.41 Å². The van der Waals surface area contributed by atoms with Gasteiger partial charge in [-0.15, -0.1) is 0 Å². The van der Waals surface area contributed by atoms with Gasteiger partial charge in [0.1, 0.15) is 11.7 Å². The Morgan fingerprint density at radius 1 is 1.00 bits per heavy atom. The van der Waals surface area contributed by atoms with Crippen LogP contribution in [0.25, 0.3) is 0 Å². The molecule has 0 aliphatic carbocycles. The average molecular weight is 438 g/mol. The van der Waals surface area contributed by atoms with Crippen molar-refractivity contribution in [1.29, 1.82) is 0 Å². The molecule has 1 saturated heterocycles. The van der Waals surface area contributed by atoms with Gasteiger partial charge in [-0.3, -0.25) is 4.79 Å². The van der Waals surface area contributed by atoms with E-state index in [1.807, 2.05) is 20.8 Å². The molecule has 5 nitrogen and oxygen atoms in total. The molecule has 0 bridgehead atoms. The Kier molecular flexibility index (Phi) is 5.60. The number of benzene rings is 2. The quantitative estimate of drug-likeness (QED) is 0.496. The third-order valence-corrected chi connectivity index (χ3v) is 5.35. The van der Waals surface area contributed by atoms with Crippen molar-refractivity contribution >= 4 is 11.8 Å². The zero-order valence-electron chi connectivity index (χ0n) is 17.0. The fraction of sp³-hybridized carbons (Fsp3) is 0.364. The summed E-state index contributed by atoms with van der Waals surface area (Å²) in [6, 6.07) is 7.58. The van der Waals surface area contributed by atoms with Crippen molar-refractivity contribution in [2.45, 2.75) is 44.1 Å². The number of amides is 2. The highest BCUT2D eigenvalue weighted by atomic mass is 19.4. The van der Waals surface area contributed by atoms with Crippen LogP contribution in [0.5, 0.6) is 0 Å². The van der Waals surface area contributed by atoms with Crippen LogP contribution in [0, 0.1) is 11.7 Å². The molecule has 0 unspecified atom stereocenters. The number of rotatable bonds is 3. The van der Waals surface area contributed by atoms with Gasteiger partial charge in [0.15, 0.2) is 5.78 Å². The average Bonchev–Trinajstić information content (AvgIpc) is 2.66. The highest BCUT2D eigenvalue weighted by Crippen LogP contribution is 2.44. The highest BCUT2D eigenvalue weighted by Gasteiger charge is 2.66. The topological polar surface area (TPSA) is 78.4 Å². The molecular formula is C22H22F4N2O3. The highest BCUT2D eigenvalue weighted by molar-refractivity contribution is 6.00. The molecule has 0 saturated carbocycles. The number of ketones is 1. The number of hydrogen-bond donors (Lipinski definition) is 3. The molecule has 0 aromatic heterocycles. The Morgan fingerprint density at radius 2 is 1.55 bits per heavy atom. The van der Waals surface area contributed by atoms with Gasteiger partial charge in [0.05, 0.1) is 6.04 Å². The van der Waals surface area contributed by atoms with Gasteiger partial charge in [-0.1, -0.05) is 45.0 Å². The molecule has 3 atom stereocenters. The van der Waals surface area contributed by atoms with Gasteiger partial charge in [-0.25, -0.2) is 9.18 Å². The summed E-state index contributed by atoms with van der Waals surface area (Å²) in [5, 5.41) is 14.3. The van der Waals surface area contributed by atoms with Crippen molar-refractivity contribution in [3.05, 3.63) is 71.0 Å². The summed E-state index contributed by atoms with van der Waals surface area (Å²) in [6.07, 6.45) is -5.35. The van der Waals surface area contributed by atoms with Crippen molar-refractivity contribution in [1.82, 2.24) is 10.6 Å². The second-order valence-corrected chi connectivity index (χ2v) is 8.56. The summed E-state index contributed by atoms with van der Waals surface area (Å²) in [4.78, 5) is 25.2. The van der Waals surface area contributed by atoms with E-state index < -0.39 is 41.5 Å². The normalized spacial score (nSPS) is 24.3. The number of Topliss-reactive ketones (excluding diaryl/α,β-unsaturated/α-hetero) is 1. The molecule has 1 aliphatic heterocycles. The minimum absolute atomic E-state index is 0.214. The Balaban J connectivity index is 2.13. The Bertz CT molecular complexity index is 982. The Morgan fingerprint density at radius 3 is 2.03 bits per heavy atom. The zero-order chi connectivity index (χ0) is 23.2. The molecule has 2 aromatic rings. The molecule has 3 rings (SSSR count). The number of carbonyl (C=O) groups excluding carboxylic acids is 2. The van der Waals surface area contributed by atoms with Crippen LogP contribution in [0.4, 0.5) is 22.4 Å². The maximum atomic E-state index is 13.9. The number of carbonyl (C=O) groups is 2. The first-order chi connectivity index (χ1) is 14.2. The molecule has 1 heterocycles. The van der Waals surface area contributed by atoms with E-state index in [-0.39, 0.29) is 16.5 Å². The number of aliphatic hydroxyl groups is 1. The van der Waals surface area contributed by atoms with Gasteiger partial charge in [-0.05, 0) is 40.8 Å². The first kappa shape index (κ1) is 22.7. The molecule has 166 valence electrons. The lowest BCUT2D eigenvalue weighted by atomic mass is 9.76. The summed E-state index contributed by atoms with van der Waals surface area (Å²) in [7, 11) is 0. The maximum absolute atomic E-state index is 13.9. The molecule has 1 aliphatic rings. The van der Waals surface area contributed by atoms with Gasteiger partial charge in [0.2, 0.25) is 5.72 Å². The number of halogens is 4. The Hall–Kier alpha value is -2.94. The lowest BCUT2D eigenvalue weighted by Gasteiger charge is -2.45. The number of hydrogen-bond acceptors (Lipinski definition) is 3. The zero-order valence-corrected chi connectivity index (χ0v) is 17.0. The molecule has 1 fully saturated rings. The summed E-state index contributed by atoms with van der Waals surface area (Å²) in [6.45, 7) is 5.87. The molecule has 2 amide bonds. The summed E-state index contributed by atoms with van der Waals surface area (Å²) >= 11 is 0. The van der Waals surface area contributed by atoms with Crippen molar-refractivity contribution in [3.63, 3.8) is 0 Å². The predicted molar refractivity (Wildman–Crippen MR) is 105 cm³/mol. The third kappa shape index (κ3) is 4.27. The SMILES string of the molecule is CC(C)(C)c1ccc([C@@H]2NC(=O)N[C@@](O)(C(F)(F)F)[C@@H]2C(=O)c2ccc(F)cc2)cc1. The first-order valence-electron chi connectivity index (χ1n) is 9.52. The number of nitrogens with one attached hydrogen (secondary N) is 2. The summed E-state index contributed by atoms with van der Waals surface area (Å²) < 4.78 is 54.9. The van der Waals surface area contributed by atoms with Crippen LogP contribution >= 0.6 is 0 Å². The van der Waals surface area contributed by atoms with Gasteiger partial charge in [-0.2, -0.15) is 13.2 Å². The largest absolute Gasteiger partial charge is 0.437 e. The Labute approximate surface area is 176 Å². The second kappa shape index (κ2) is 7.64. The molecule has 31 heavy (non-hydrogen) atoms. The van der Waals surface area contributed by atoms with E-state index in [2.05, 4.69) is 5.32 Å². The van der Waals surface area contributed by atoms with E-state index in [9.17, 15) is 32.3 Å².